The van der Waals surface area contributed by atoms with E-state index in [9.17, 15) is 14.4 Å². The molecule has 0 spiro atoms. The van der Waals surface area contributed by atoms with Crippen LogP contribution in [0.25, 0.3) is 0 Å². The number of Topliss-reactive ketones (excluding diaryl/α,β-unsaturated/α-hetero) is 1. The Morgan fingerprint density at radius 2 is 1.81 bits per heavy atom. The number of carbonyl (C=O) groups excluding carboxylic acids is 3. The Labute approximate surface area is 190 Å². The van der Waals surface area contributed by atoms with Gasteiger partial charge in [0.2, 0.25) is 0 Å². The number of aliphatic imine (C=N–C) groups is 1. The Morgan fingerprint density at radius 3 is 2.44 bits per heavy atom. The number of nitrogens with zero attached hydrogens (tertiary/aromatic N) is 1. The first-order valence-electron chi connectivity index (χ1n) is 11.3. The Morgan fingerprint density at radius 1 is 1.12 bits per heavy atom. The number of carbonyl (C=O) groups is 3. The third-order valence-corrected chi connectivity index (χ3v) is 6.24. The van der Waals surface area contributed by atoms with Gasteiger partial charge in [-0.2, -0.15) is 0 Å². The van der Waals surface area contributed by atoms with Crippen molar-refractivity contribution in [2.24, 2.45) is 16.3 Å². The van der Waals surface area contributed by atoms with Crippen molar-refractivity contribution in [2.75, 3.05) is 13.7 Å². The minimum Gasteiger partial charge on any atom is -0.465 e. The number of unbranched alkanes of at least 4 members (excludes halogenated alkanes) is 2. The molecule has 0 saturated carbocycles. The lowest BCUT2D eigenvalue weighted by molar-refractivity contribution is -0.146. The molecule has 1 aromatic carbocycles. The zero-order valence-electron chi connectivity index (χ0n) is 19.7. The third kappa shape index (κ3) is 5.00. The fraction of sp³-hybridized carbons (Fsp3) is 0.538. The fourth-order valence-corrected chi connectivity index (χ4v) is 4.67. The van der Waals surface area contributed by atoms with Crippen molar-refractivity contribution in [3.8, 4) is 0 Å². The van der Waals surface area contributed by atoms with Gasteiger partial charge in [0, 0.05) is 29.3 Å². The highest BCUT2D eigenvalue weighted by atomic mass is 16.5. The SMILES string of the molecule is CCCCCOC(=O)C1C(C)=NC2=C(C(=O)CC(C)(C)C2)[C@H]1c1ccc(C(=O)OC)cc1. The smallest absolute Gasteiger partial charge is 0.337 e. The van der Waals surface area contributed by atoms with Crippen LogP contribution >= 0.6 is 0 Å². The summed E-state index contributed by atoms with van der Waals surface area (Å²) in [6.45, 7) is 8.42. The summed E-state index contributed by atoms with van der Waals surface area (Å²) in [6.07, 6.45) is 3.93. The molecule has 3 rings (SSSR count). The summed E-state index contributed by atoms with van der Waals surface area (Å²) in [6, 6.07) is 6.93. The minimum absolute atomic E-state index is 0.0262. The van der Waals surface area contributed by atoms with Gasteiger partial charge in [-0.3, -0.25) is 14.6 Å². The number of esters is 2. The number of hydrogen-bond donors (Lipinski definition) is 0. The zero-order valence-corrected chi connectivity index (χ0v) is 19.7. The van der Waals surface area contributed by atoms with E-state index < -0.39 is 17.8 Å². The van der Waals surface area contributed by atoms with Crippen LogP contribution in [0.15, 0.2) is 40.5 Å². The van der Waals surface area contributed by atoms with Crippen LogP contribution in [0.3, 0.4) is 0 Å². The molecule has 0 radical (unpaired) electrons. The molecular weight excluding hydrogens is 406 g/mol. The Bertz CT molecular complexity index is 955. The molecule has 1 aliphatic carbocycles. The Kier molecular flexibility index (Phi) is 7.32. The lowest BCUT2D eigenvalue weighted by Gasteiger charge is -2.39. The van der Waals surface area contributed by atoms with Crippen molar-refractivity contribution in [1.82, 2.24) is 0 Å². The van der Waals surface area contributed by atoms with E-state index in [-0.39, 0.29) is 17.2 Å². The summed E-state index contributed by atoms with van der Waals surface area (Å²) in [5.74, 6) is -1.90. The molecule has 1 aliphatic heterocycles. The molecule has 6 nitrogen and oxygen atoms in total. The fourth-order valence-electron chi connectivity index (χ4n) is 4.67. The molecule has 172 valence electrons. The van der Waals surface area contributed by atoms with E-state index in [2.05, 4.69) is 20.8 Å². The molecule has 6 heteroatoms. The number of rotatable bonds is 7. The summed E-state index contributed by atoms with van der Waals surface area (Å²) < 4.78 is 10.4. The normalized spacial score (nSPS) is 22.2. The average molecular weight is 440 g/mol. The summed E-state index contributed by atoms with van der Waals surface area (Å²) in [7, 11) is 1.33. The van der Waals surface area contributed by atoms with Crippen LogP contribution in [0.2, 0.25) is 0 Å². The van der Waals surface area contributed by atoms with Crippen molar-refractivity contribution < 1.29 is 23.9 Å². The second-order valence-corrected chi connectivity index (χ2v) is 9.50. The average Bonchev–Trinajstić information content (AvgIpc) is 2.74. The van der Waals surface area contributed by atoms with Gasteiger partial charge >= 0.3 is 11.9 Å². The number of benzene rings is 1. The van der Waals surface area contributed by atoms with Crippen LogP contribution in [0.4, 0.5) is 0 Å². The highest BCUT2D eigenvalue weighted by molar-refractivity contribution is 6.09. The van der Waals surface area contributed by atoms with E-state index in [1.807, 2.05) is 6.92 Å². The Balaban J connectivity index is 2.02. The van der Waals surface area contributed by atoms with E-state index in [4.69, 9.17) is 14.5 Å². The van der Waals surface area contributed by atoms with Crippen LogP contribution < -0.4 is 0 Å². The molecule has 0 aromatic heterocycles. The number of allylic oxidation sites excluding steroid dienone is 2. The van der Waals surface area contributed by atoms with Gasteiger partial charge in [0.15, 0.2) is 5.78 Å². The first-order valence-corrected chi connectivity index (χ1v) is 11.3. The van der Waals surface area contributed by atoms with E-state index in [1.54, 1.807) is 24.3 Å². The summed E-state index contributed by atoms with van der Waals surface area (Å²) in [5, 5.41) is 0. The van der Waals surface area contributed by atoms with Gasteiger partial charge in [0.05, 0.1) is 19.3 Å². The standard InChI is InChI=1S/C26H33NO5/c1-6-7-8-13-32-25(30)21-16(2)27-19-14-26(3,4)15-20(28)23(19)22(21)17-9-11-18(12-10-17)24(29)31-5/h9-12,21-22H,6-8,13-15H2,1-5H3/t21?,22-/m0/s1. The summed E-state index contributed by atoms with van der Waals surface area (Å²) >= 11 is 0. The topological polar surface area (TPSA) is 82.0 Å². The molecule has 2 atom stereocenters. The maximum atomic E-state index is 13.3. The second kappa shape index (κ2) is 9.80. The van der Waals surface area contributed by atoms with Crippen molar-refractivity contribution in [1.29, 1.82) is 0 Å². The number of ketones is 1. The summed E-state index contributed by atoms with van der Waals surface area (Å²) in [4.78, 5) is 43.0. The van der Waals surface area contributed by atoms with Crippen LogP contribution in [-0.2, 0) is 19.1 Å². The molecule has 1 aromatic rings. The number of hydrogen-bond acceptors (Lipinski definition) is 6. The molecule has 32 heavy (non-hydrogen) atoms. The molecule has 1 heterocycles. The first-order chi connectivity index (χ1) is 15.2. The van der Waals surface area contributed by atoms with Gasteiger partial charge in [-0.05, 0) is 42.9 Å². The van der Waals surface area contributed by atoms with E-state index >= 15 is 0 Å². The van der Waals surface area contributed by atoms with E-state index in [0.717, 1.165) is 30.5 Å². The van der Waals surface area contributed by atoms with E-state index in [1.165, 1.54) is 7.11 Å². The predicted octanol–water partition coefficient (Wildman–Crippen LogP) is 5.02. The zero-order chi connectivity index (χ0) is 23.5. The van der Waals surface area contributed by atoms with Crippen LogP contribution in [0, 0.1) is 11.3 Å². The van der Waals surface area contributed by atoms with Crippen LogP contribution in [0.5, 0.6) is 0 Å². The van der Waals surface area contributed by atoms with Gasteiger partial charge in [0.1, 0.15) is 5.92 Å². The maximum absolute atomic E-state index is 13.3. The highest BCUT2D eigenvalue weighted by Crippen LogP contribution is 2.47. The van der Waals surface area contributed by atoms with Crippen LogP contribution in [0.1, 0.15) is 81.6 Å². The van der Waals surface area contributed by atoms with Crippen LogP contribution in [-0.4, -0.2) is 37.2 Å². The van der Waals surface area contributed by atoms with E-state index in [0.29, 0.717) is 36.3 Å². The molecule has 0 fully saturated rings. The molecular formula is C26H33NO5. The lowest BCUT2D eigenvalue weighted by Crippen LogP contribution is -2.39. The second-order valence-electron chi connectivity index (χ2n) is 9.50. The number of methoxy groups -OCH3 is 1. The quantitative estimate of drug-likeness (QED) is 0.440. The molecule has 0 bridgehead atoms. The molecule has 0 amide bonds. The largest absolute Gasteiger partial charge is 0.465 e. The minimum atomic E-state index is -0.662. The van der Waals surface area contributed by atoms with Gasteiger partial charge in [-0.1, -0.05) is 45.7 Å². The summed E-state index contributed by atoms with van der Waals surface area (Å²) in [5.41, 5.74) is 3.07. The monoisotopic (exact) mass is 439 g/mol. The van der Waals surface area contributed by atoms with Crippen molar-refractivity contribution in [2.45, 2.75) is 65.7 Å². The lowest BCUT2D eigenvalue weighted by atomic mass is 9.67. The maximum Gasteiger partial charge on any atom is 0.337 e. The van der Waals surface area contributed by atoms with Crippen molar-refractivity contribution in [3.05, 3.63) is 46.7 Å². The van der Waals surface area contributed by atoms with Gasteiger partial charge in [0.25, 0.3) is 0 Å². The first kappa shape index (κ1) is 23.9. The van der Waals surface area contributed by atoms with Gasteiger partial charge < -0.3 is 9.47 Å². The number of ether oxygens (including phenoxy) is 2. The van der Waals surface area contributed by atoms with Crippen molar-refractivity contribution in [3.63, 3.8) is 0 Å². The van der Waals surface area contributed by atoms with Crippen molar-refractivity contribution >= 4 is 23.4 Å². The third-order valence-electron chi connectivity index (χ3n) is 6.24. The molecule has 1 unspecified atom stereocenters. The Hall–Kier alpha value is -2.76. The molecule has 0 N–H and O–H groups in total. The predicted molar refractivity (Wildman–Crippen MR) is 123 cm³/mol. The van der Waals surface area contributed by atoms with Gasteiger partial charge in [-0.15, -0.1) is 0 Å². The molecule has 2 aliphatic rings. The molecule has 0 saturated heterocycles. The highest BCUT2D eigenvalue weighted by Gasteiger charge is 2.46. The van der Waals surface area contributed by atoms with Gasteiger partial charge in [-0.25, -0.2) is 4.79 Å².